The number of sulfone groups is 1. The monoisotopic (exact) mass is 349 g/mol. The molecule has 0 radical (unpaired) electrons. The first kappa shape index (κ1) is 16.6. The molecule has 3 rings (SSSR count). The van der Waals surface area contributed by atoms with E-state index in [1.54, 1.807) is 24.3 Å². The van der Waals surface area contributed by atoms with Crippen LogP contribution in [0.25, 0.3) is 10.8 Å². The van der Waals surface area contributed by atoms with Crippen molar-refractivity contribution in [2.24, 2.45) is 0 Å². The second kappa shape index (κ2) is 6.01. The highest BCUT2D eigenvalue weighted by Gasteiger charge is 2.30. The summed E-state index contributed by atoms with van der Waals surface area (Å²) in [6, 6.07) is 6.20. The van der Waals surface area contributed by atoms with Gasteiger partial charge in [0.05, 0.1) is 22.9 Å². The van der Waals surface area contributed by atoms with Gasteiger partial charge in [0, 0.05) is 11.4 Å². The Hall–Kier alpha value is -2.22. The van der Waals surface area contributed by atoms with Crippen molar-refractivity contribution in [1.82, 2.24) is 15.1 Å². The van der Waals surface area contributed by atoms with E-state index in [4.69, 9.17) is 0 Å². The Morgan fingerprint density at radius 1 is 1.29 bits per heavy atom. The van der Waals surface area contributed by atoms with Crippen LogP contribution >= 0.6 is 0 Å². The number of carbonyl (C=O) groups excluding carboxylic acids is 1. The van der Waals surface area contributed by atoms with Gasteiger partial charge in [-0.1, -0.05) is 18.2 Å². The van der Waals surface area contributed by atoms with E-state index in [1.165, 1.54) is 4.68 Å². The fraction of sp³-hybridized carbons (Fsp3) is 0.438. The van der Waals surface area contributed by atoms with Gasteiger partial charge >= 0.3 is 0 Å². The summed E-state index contributed by atoms with van der Waals surface area (Å²) in [7, 11) is -3.08. The zero-order valence-corrected chi connectivity index (χ0v) is 14.3. The molecular weight excluding hydrogens is 330 g/mol. The van der Waals surface area contributed by atoms with Crippen molar-refractivity contribution in [1.29, 1.82) is 0 Å². The second-order valence-corrected chi connectivity index (χ2v) is 8.54. The summed E-state index contributed by atoms with van der Waals surface area (Å²) >= 11 is 0. The number of hydrogen-bond acceptors (Lipinski definition) is 5. The van der Waals surface area contributed by atoms with E-state index < -0.39 is 21.8 Å². The first-order valence-corrected chi connectivity index (χ1v) is 9.63. The Morgan fingerprint density at radius 3 is 2.54 bits per heavy atom. The van der Waals surface area contributed by atoms with Gasteiger partial charge in [0.2, 0.25) is 0 Å². The van der Waals surface area contributed by atoms with Crippen LogP contribution in [0.5, 0.6) is 0 Å². The minimum Gasteiger partial charge on any atom is -0.347 e. The van der Waals surface area contributed by atoms with Gasteiger partial charge in [-0.3, -0.25) is 9.59 Å². The lowest BCUT2D eigenvalue weighted by molar-refractivity contribution is 0.0935. The molecule has 24 heavy (non-hydrogen) atoms. The van der Waals surface area contributed by atoms with Gasteiger partial charge in [-0.2, -0.15) is 5.10 Å². The molecule has 0 unspecified atom stereocenters. The number of aromatic nitrogens is 2. The Bertz CT molecular complexity index is 963. The number of nitrogens with one attached hydrogen (secondary N) is 1. The third-order valence-electron chi connectivity index (χ3n) is 4.10. The number of fused-ring (bicyclic) bond motifs is 1. The maximum absolute atomic E-state index is 12.6. The summed E-state index contributed by atoms with van der Waals surface area (Å²) in [6.07, 6.45) is 0.399. The summed E-state index contributed by atoms with van der Waals surface area (Å²) in [5.74, 6) is -0.430. The maximum atomic E-state index is 12.6. The van der Waals surface area contributed by atoms with Crippen LogP contribution in [0.3, 0.4) is 0 Å². The van der Waals surface area contributed by atoms with E-state index in [-0.39, 0.29) is 28.8 Å². The van der Waals surface area contributed by atoms with Gasteiger partial charge in [0.1, 0.15) is 0 Å². The smallest absolute Gasteiger partial charge is 0.274 e. The minimum absolute atomic E-state index is 0.0551. The molecule has 1 saturated heterocycles. The Labute approximate surface area is 139 Å². The molecule has 1 aromatic carbocycles. The normalized spacial score (nSPS) is 19.7. The second-order valence-electron chi connectivity index (χ2n) is 6.31. The molecule has 1 N–H and O–H groups in total. The molecule has 7 nitrogen and oxygen atoms in total. The van der Waals surface area contributed by atoms with Crippen molar-refractivity contribution in [2.45, 2.75) is 32.4 Å². The number of amides is 1. The molecule has 1 aliphatic rings. The van der Waals surface area contributed by atoms with Gasteiger partial charge in [-0.15, -0.1) is 0 Å². The third kappa shape index (κ3) is 3.06. The number of hydrogen-bond donors (Lipinski definition) is 1. The van der Waals surface area contributed by atoms with E-state index in [0.29, 0.717) is 17.2 Å². The van der Waals surface area contributed by atoms with Crippen LogP contribution in [-0.4, -0.2) is 41.7 Å². The molecule has 0 saturated carbocycles. The zero-order chi connectivity index (χ0) is 17.5. The van der Waals surface area contributed by atoms with E-state index in [1.807, 2.05) is 13.8 Å². The molecular formula is C16H19N3O4S. The number of benzene rings is 1. The molecule has 0 spiro atoms. The van der Waals surface area contributed by atoms with E-state index in [9.17, 15) is 18.0 Å². The standard InChI is InChI=1S/C16H19N3O4S/c1-10(2)19-16(21)13-6-4-3-5-12(13)14(18-19)15(20)17-11-7-8-24(22,23)9-11/h3-6,10-11H,7-9H2,1-2H3,(H,17,20)/t11-/m1/s1. The van der Waals surface area contributed by atoms with Crippen LogP contribution in [0.15, 0.2) is 29.1 Å². The van der Waals surface area contributed by atoms with Crippen molar-refractivity contribution < 1.29 is 13.2 Å². The average molecular weight is 349 g/mol. The highest BCUT2D eigenvalue weighted by molar-refractivity contribution is 7.91. The number of rotatable bonds is 3. The SMILES string of the molecule is CC(C)n1nc(C(=O)N[C@@H]2CCS(=O)(=O)C2)c2ccccc2c1=O. The van der Waals surface area contributed by atoms with Crippen LogP contribution in [-0.2, 0) is 9.84 Å². The van der Waals surface area contributed by atoms with Crippen LogP contribution in [0, 0.1) is 0 Å². The van der Waals surface area contributed by atoms with Gasteiger partial charge in [-0.05, 0) is 26.3 Å². The van der Waals surface area contributed by atoms with Gasteiger partial charge in [-0.25, -0.2) is 13.1 Å². The van der Waals surface area contributed by atoms with Crippen molar-refractivity contribution >= 4 is 26.5 Å². The summed E-state index contributed by atoms with van der Waals surface area (Å²) in [4.78, 5) is 25.1. The largest absolute Gasteiger partial charge is 0.347 e. The van der Waals surface area contributed by atoms with Crippen LogP contribution in [0.2, 0.25) is 0 Å². The summed E-state index contributed by atoms with van der Waals surface area (Å²) in [5.41, 5.74) is -0.108. The molecule has 1 amide bonds. The van der Waals surface area contributed by atoms with Crippen LogP contribution in [0.4, 0.5) is 0 Å². The summed E-state index contributed by atoms with van der Waals surface area (Å²) in [6.45, 7) is 3.63. The predicted octanol–water partition coefficient (Wildman–Crippen LogP) is 0.894. The highest BCUT2D eigenvalue weighted by Crippen LogP contribution is 2.16. The molecule has 1 aromatic heterocycles. The zero-order valence-electron chi connectivity index (χ0n) is 13.5. The predicted molar refractivity (Wildman–Crippen MR) is 90.9 cm³/mol. The van der Waals surface area contributed by atoms with Crippen LogP contribution in [0.1, 0.15) is 36.8 Å². The van der Waals surface area contributed by atoms with Gasteiger partial charge in [0.25, 0.3) is 11.5 Å². The van der Waals surface area contributed by atoms with Crippen molar-refractivity contribution in [3.8, 4) is 0 Å². The average Bonchev–Trinajstić information content (AvgIpc) is 2.86. The lowest BCUT2D eigenvalue weighted by Crippen LogP contribution is -2.38. The molecule has 0 aliphatic carbocycles. The topological polar surface area (TPSA) is 98.1 Å². The van der Waals surface area contributed by atoms with Gasteiger partial charge < -0.3 is 5.32 Å². The fourth-order valence-corrected chi connectivity index (χ4v) is 4.56. The Balaban J connectivity index is 2.04. The molecule has 128 valence electrons. The molecule has 1 atom stereocenters. The first-order chi connectivity index (χ1) is 11.3. The number of carbonyl (C=O) groups is 1. The Morgan fingerprint density at radius 2 is 1.96 bits per heavy atom. The first-order valence-electron chi connectivity index (χ1n) is 7.81. The molecule has 8 heteroatoms. The molecule has 1 aliphatic heterocycles. The van der Waals surface area contributed by atoms with Crippen molar-refractivity contribution in [3.05, 3.63) is 40.3 Å². The third-order valence-corrected chi connectivity index (χ3v) is 5.87. The Kier molecular flexibility index (Phi) is 4.16. The number of nitrogens with zero attached hydrogens (tertiary/aromatic N) is 2. The highest BCUT2D eigenvalue weighted by atomic mass is 32.2. The summed E-state index contributed by atoms with van der Waals surface area (Å²) < 4.78 is 24.4. The lowest BCUT2D eigenvalue weighted by atomic mass is 10.1. The van der Waals surface area contributed by atoms with E-state index >= 15 is 0 Å². The van der Waals surface area contributed by atoms with E-state index in [2.05, 4.69) is 10.4 Å². The van der Waals surface area contributed by atoms with E-state index in [0.717, 1.165) is 0 Å². The molecule has 1 fully saturated rings. The summed E-state index contributed by atoms with van der Waals surface area (Å²) in [5, 5.41) is 7.85. The van der Waals surface area contributed by atoms with Crippen molar-refractivity contribution in [2.75, 3.05) is 11.5 Å². The minimum atomic E-state index is -3.08. The lowest BCUT2D eigenvalue weighted by Gasteiger charge is -2.15. The molecule has 2 heterocycles. The molecule has 0 bridgehead atoms. The quantitative estimate of drug-likeness (QED) is 0.887. The maximum Gasteiger partial charge on any atom is 0.274 e. The van der Waals surface area contributed by atoms with Gasteiger partial charge in [0.15, 0.2) is 15.5 Å². The molecule has 2 aromatic rings. The van der Waals surface area contributed by atoms with Crippen LogP contribution < -0.4 is 10.9 Å². The van der Waals surface area contributed by atoms with Crippen molar-refractivity contribution in [3.63, 3.8) is 0 Å². The fourth-order valence-electron chi connectivity index (χ4n) is 2.89.